The minimum absolute atomic E-state index is 0.408. The fourth-order valence-electron chi connectivity index (χ4n) is 1.19. The van der Waals surface area contributed by atoms with Crippen molar-refractivity contribution in [2.24, 2.45) is 5.73 Å². The number of aromatic nitrogens is 1. The molecule has 0 fully saturated rings. The van der Waals surface area contributed by atoms with Gasteiger partial charge in [0, 0.05) is 11.3 Å². The maximum absolute atomic E-state index is 11.6. The molecular formula is C11H17N3O2S2. The Labute approximate surface area is 116 Å². The van der Waals surface area contributed by atoms with Crippen molar-refractivity contribution in [1.29, 1.82) is 0 Å². The molecule has 100 valence electrons. The maximum atomic E-state index is 11.6. The fraction of sp³-hybridized carbons (Fsp3) is 0.545. The maximum Gasteiger partial charge on any atom is 0.413 e. The molecule has 0 spiro atoms. The van der Waals surface area contributed by atoms with Gasteiger partial charge in [0.25, 0.3) is 0 Å². The second-order valence-electron chi connectivity index (χ2n) is 4.80. The second kappa shape index (κ2) is 5.62. The summed E-state index contributed by atoms with van der Waals surface area (Å²) < 4.78 is 5.14. The van der Waals surface area contributed by atoms with Crippen LogP contribution in [0, 0.1) is 6.92 Å². The monoisotopic (exact) mass is 287 g/mol. The van der Waals surface area contributed by atoms with Crippen molar-refractivity contribution in [2.45, 2.75) is 39.7 Å². The molecule has 1 rings (SSSR count). The predicted molar refractivity (Wildman–Crippen MR) is 77.2 cm³/mol. The molecule has 7 heteroatoms. The number of carbonyl (C=O) groups is 1. The lowest BCUT2D eigenvalue weighted by molar-refractivity contribution is 0.0636. The first-order chi connectivity index (χ1) is 8.17. The van der Waals surface area contributed by atoms with Gasteiger partial charge in [0.2, 0.25) is 0 Å². The summed E-state index contributed by atoms with van der Waals surface area (Å²) in [5.41, 5.74) is 5.77. The SMILES string of the molecule is Cc1nc(NC(=O)OC(C)(C)C)sc1CC(N)=S. The summed E-state index contributed by atoms with van der Waals surface area (Å²) in [6.45, 7) is 7.26. The van der Waals surface area contributed by atoms with Crippen LogP contribution in [-0.2, 0) is 11.2 Å². The molecule has 1 aromatic rings. The van der Waals surface area contributed by atoms with Crippen LogP contribution >= 0.6 is 23.6 Å². The Balaban J connectivity index is 2.69. The van der Waals surface area contributed by atoms with Gasteiger partial charge < -0.3 is 10.5 Å². The molecule has 1 amide bonds. The molecule has 0 bridgehead atoms. The molecule has 1 heterocycles. The van der Waals surface area contributed by atoms with Crippen LogP contribution in [0.15, 0.2) is 0 Å². The largest absolute Gasteiger partial charge is 0.444 e. The van der Waals surface area contributed by atoms with E-state index in [1.807, 2.05) is 6.92 Å². The zero-order chi connectivity index (χ0) is 13.9. The van der Waals surface area contributed by atoms with Gasteiger partial charge in [-0.3, -0.25) is 5.32 Å². The van der Waals surface area contributed by atoms with Crippen LogP contribution < -0.4 is 11.1 Å². The summed E-state index contributed by atoms with van der Waals surface area (Å²) in [5.74, 6) is 0. The average molecular weight is 287 g/mol. The lowest BCUT2D eigenvalue weighted by Crippen LogP contribution is -2.27. The molecule has 3 N–H and O–H groups in total. The van der Waals surface area contributed by atoms with Crippen molar-refractivity contribution in [3.8, 4) is 0 Å². The standard InChI is InChI=1S/C11H17N3O2S2/c1-6-7(5-8(12)17)18-9(13-6)14-10(15)16-11(2,3)4/h5H2,1-4H3,(H2,12,17)(H,13,14,15). The molecule has 0 unspecified atom stereocenters. The van der Waals surface area contributed by atoms with Gasteiger partial charge in [-0.2, -0.15) is 0 Å². The third-order valence-electron chi connectivity index (χ3n) is 1.84. The first-order valence-corrected chi connectivity index (χ1v) is 6.64. The van der Waals surface area contributed by atoms with Gasteiger partial charge in [-0.05, 0) is 27.7 Å². The van der Waals surface area contributed by atoms with E-state index in [1.165, 1.54) is 11.3 Å². The lowest BCUT2D eigenvalue weighted by Gasteiger charge is -2.18. The third-order valence-corrected chi connectivity index (χ3v) is 3.05. The highest BCUT2D eigenvalue weighted by Gasteiger charge is 2.18. The Kier molecular flexibility index (Phi) is 4.64. The highest BCUT2D eigenvalue weighted by Crippen LogP contribution is 2.23. The molecule has 5 nitrogen and oxygen atoms in total. The fourth-order valence-corrected chi connectivity index (χ4v) is 2.40. The van der Waals surface area contributed by atoms with Gasteiger partial charge in [0.05, 0.1) is 10.7 Å². The zero-order valence-corrected chi connectivity index (χ0v) is 12.5. The van der Waals surface area contributed by atoms with Crippen LogP contribution in [0.2, 0.25) is 0 Å². The van der Waals surface area contributed by atoms with Gasteiger partial charge in [-0.15, -0.1) is 11.3 Å². The molecule has 0 atom stereocenters. The molecule has 0 aliphatic heterocycles. The molecule has 0 aromatic carbocycles. The molecular weight excluding hydrogens is 270 g/mol. The van der Waals surface area contributed by atoms with Crippen LogP contribution in [0.3, 0.4) is 0 Å². The minimum Gasteiger partial charge on any atom is -0.444 e. The van der Waals surface area contributed by atoms with E-state index in [4.69, 9.17) is 22.7 Å². The summed E-state index contributed by atoms with van der Waals surface area (Å²) in [7, 11) is 0. The van der Waals surface area contributed by atoms with Crippen molar-refractivity contribution >= 4 is 39.8 Å². The van der Waals surface area contributed by atoms with Crippen LogP contribution in [0.25, 0.3) is 0 Å². The van der Waals surface area contributed by atoms with E-state index in [0.29, 0.717) is 16.5 Å². The molecule has 0 aliphatic rings. The van der Waals surface area contributed by atoms with Crippen molar-refractivity contribution in [2.75, 3.05) is 5.32 Å². The molecule has 18 heavy (non-hydrogen) atoms. The van der Waals surface area contributed by atoms with E-state index in [0.717, 1.165) is 10.6 Å². The number of anilines is 1. The van der Waals surface area contributed by atoms with Crippen LogP contribution in [-0.4, -0.2) is 21.7 Å². The summed E-state index contributed by atoms with van der Waals surface area (Å²) in [6.07, 6.45) is -0.0208. The molecule has 1 aromatic heterocycles. The summed E-state index contributed by atoms with van der Waals surface area (Å²) >= 11 is 6.20. The van der Waals surface area contributed by atoms with Crippen molar-refractivity contribution in [3.63, 3.8) is 0 Å². The Morgan fingerprint density at radius 1 is 1.56 bits per heavy atom. The van der Waals surface area contributed by atoms with Gasteiger partial charge >= 0.3 is 6.09 Å². The number of thiocarbonyl (C=S) groups is 1. The van der Waals surface area contributed by atoms with Gasteiger partial charge in [0.1, 0.15) is 5.60 Å². The number of nitrogens with zero attached hydrogens (tertiary/aromatic N) is 1. The van der Waals surface area contributed by atoms with E-state index in [1.54, 1.807) is 20.8 Å². The van der Waals surface area contributed by atoms with Crippen LogP contribution in [0.5, 0.6) is 0 Å². The normalized spacial score (nSPS) is 11.1. The lowest BCUT2D eigenvalue weighted by atomic mass is 10.2. The predicted octanol–water partition coefficient (Wildman–Crippen LogP) is 2.63. The summed E-state index contributed by atoms with van der Waals surface area (Å²) in [5, 5.41) is 3.09. The van der Waals surface area contributed by atoms with E-state index in [-0.39, 0.29) is 0 Å². The van der Waals surface area contributed by atoms with Crippen molar-refractivity contribution in [3.05, 3.63) is 10.6 Å². The number of nitrogens with one attached hydrogen (secondary N) is 1. The topological polar surface area (TPSA) is 77.2 Å². The van der Waals surface area contributed by atoms with Crippen LogP contribution in [0.1, 0.15) is 31.3 Å². The summed E-state index contributed by atoms with van der Waals surface area (Å²) in [6, 6.07) is 0. The number of thiazole rings is 1. The Morgan fingerprint density at radius 2 is 2.17 bits per heavy atom. The van der Waals surface area contributed by atoms with Gasteiger partial charge in [0.15, 0.2) is 5.13 Å². The van der Waals surface area contributed by atoms with E-state index >= 15 is 0 Å². The number of aryl methyl sites for hydroxylation is 1. The van der Waals surface area contributed by atoms with Gasteiger partial charge in [-0.25, -0.2) is 9.78 Å². The average Bonchev–Trinajstić information content (AvgIpc) is 2.41. The highest BCUT2D eigenvalue weighted by atomic mass is 32.1. The number of carbonyl (C=O) groups excluding carboxylic acids is 1. The number of nitrogens with two attached hydrogens (primary N) is 1. The van der Waals surface area contributed by atoms with Crippen molar-refractivity contribution in [1.82, 2.24) is 4.98 Å². The van der Waals surface area contributed by atoms with Gasteiger partial charge in [-0.1, -0.05) is 12.2 Å². The Hall–Kier alpha value is -1.21. The number of hydrogen-bond donors (Lipinski definition) is 2. The van der Waals surface area contributed by atoms with Crippen LogP contribution in [0.4, 0.5) is 9.93 Å². The Morgan fingerprint density at radius 3 is 2.67 bits per heavy atom. The number of amides is 1. The molecule has 0 saturated carbocycles. The smallest absolute Gasteiger partial charge is 0.413 e. The van der Waals surface area contributed by atoms with Crippen molar-refractivity contribution < 1.29 is 9.53 Å². The zero-order valence-electron chi connectivity index (χ0n) is 10.9. The van der Waals surface area contributed by atoms with E-state index < -0.39 is 11.7 Å². The second-order valence-corrected chi connectivity index (χ2v) is 6.41. The van der Waals surface area contributed by atoms with E-state index in [2.05, 4.69) is 10.3 Å². The summed E-state index contributed by atoms with van der Waals surface area (Å²) in [4.78, 5) is 17.1. The highest BCUT2D eigenvalue weighted by molar-refractivity contribution is 7.80. The molecule has 0 radical (unpaired) electrons. The minimum atomic E-state index is -0.530. The molecule has 0 saturated heterocycles. The first kappa shape index (κ1) is 14.8. The quantitative estimate of drug-likeness (QED) is 0.836. The first-order valence-electron chi connectivity index (χ1n) is 5.42. The number of ether oxygens (including phenoxy) is 1. The Bertz CT molecular complexity index is 463. The third kappa shape index (κ3) is 4.97. The number of rotatable bonds is 3. The number of hydrogen-bond acceptors (Lipinski definition) is 5. The molecule has 0 aliphatic carbocycles. The van der Waals surface area contributed by atoms with E-state index in [9.17, 15) is 4.79 Å².